The fourth-order valence-corrected chi connectivity index (χ4v) is 2.48. The molecule has 1 N–H and O–H groups in total. The van der Waals surface area contributed by atoms with Crippen molar-refractivity contribution in [3.05, 3.63) is 63.6 Å². The van der Waals surface area contributed by atoms with Crippen molar-refractivity contribution in [3.63, 3.8) is 0 Å². The number of aromatic carboxylic acids is 1. The first-order valence-electron chi connectivity index (χ1n) is 6.66. The van der Waals surface area contributed by atoms with E-state index in [0.717, 1.165) is 16.7 Å². The zero-order valence-electron chi connectivity index (χ0n) is 11.2. The molecule has 21 heavy (non-hydrogen) atoms. The lowest BCUT2D eigenvalue weighted by Gasteiger charge is -2.26. The second-order valence-corrected chi connectivity index (χ2v) is 4.85. The van der Waals surface area contributed by atoms with Crippen LogP contribution in [0.4, 0.5) is 0 Å². The lowest BCUT2D eigenvalue weighted by Crippen LogP contribution is -2.29. The molecule has 0 radical (unpaired) electrons. The van der Waals surface area contributed by atoms with Crippen molar-refractivity contribution in [1.29, 1.82) is 0 Å². The van der Waals surface area contributed by atoms with Crippen LogP contribution in [0.2, 0.25) is 0 Å². The third-order valence-electron chi connectivity index (χ3n) is 3.52. The van der Waals surface area contributed by atoms with Gasteiger partial charge in [-0.2, -0.15) is 5.10 Å². The van der Waals surface area contributed by atoms with E-state index >= 15 is 0 Å². The number of nitrogens with zero attached hydrogens (tertiary/aromatic N) is 2. The molecule has 6 nitrogen and oxygen atoms in total. The summed E-state index contributed by atoms with van der Waals surface area (Å²) >= 11 is 0. The Kier molecular flexibility index (Phi) is 3.53. The third-order valence-corrected chi connectivity index (χ3v) is 3.52. The van der Waals surface area contributed by atoms with E-state index in [4.69, 9.17) is 9.84 Å². The first-order chi connectivity index (χ1) is 10.1. The van der Waals surface area contributed by atoms with Gasteiger partial charge < -0.3 is 9.84 Å². The van der Waals surface area contributed by atoms with Gasteiger partial charge in [-0.3, -0.25) is 4.79 Å². The van der Waals surface area contributed by atoms with Gasteiger partial charge in [0.05, 0.1) is 13.2 Å². The molecule has 3 rings (SSSR count). The van der Waals surface area contributed by atoms with E-state index in [2.05, 4.69) is 5.10 Å². The minimum absolute atomic E-state index is 0.154. The molecule has 1 aromatic carbocycles. The number of carboxylic acid groups (broad SMARTS) is 1. The average molecular weight is 286 g/mol. The van der Waals surface area contributed by atoms with Crippen molar-refractivity contribution in [2.24, 2.45) is 0 Å². The fourth-order valence-electron chi connectivity index (χ4n) is 2.48. The third kappa shape index (κ3) is 2.71. The Bertz CT molecular complexity index is 738. The number of hydrogen-bond acceptors (Lipinski definition) is 4. The van der Waals surface area contributed by atoms with Gasteiger partial charge in [-0.25, -0.2) is 9.48 Å². The molecule has 2 heterocycles. The number of ether oxygens (including phenoxy) is 1. The first-order valence-corrected chi connectivity index (χ1v) is 6.66. The summed E-state index contributed by atoms with van der Waals surface area (Å²) in [7, 11) is 0. The monoisotopic (exact) mass is 286 g/mol. The Morgan fingerprint density at radius 1 is 1.33 bits per heavy atom. The van der Waals surface area contributed by atoms with Crippen LogP contribution in [0.15, 0.2) is 41.2 Å². The summed E-state index contributed by atoms with van der Waals surface area (Å²) in [4.78, 5) is 22.8. The van der Waals surface area contributed by atoms with Crippen molar-refractivity contribution in [2.45, 2.75) is 19.1 Å². The molecule has 1 unspecified atom stereocenters. The van der Waals surface area contributed by atoms with E-state index < -0.39 is 5.97 Å². The van der Waals surface area contributed by atoms with E-state index in [1.54, 1.807) is 0 Å². The van der Waals surface area contributed by atoms with Crippen molar-refractivity contribution in [1.82, 2.24) is 9.78 Å². The smallest absolute Gasteiger partial charge is 0.356 e. The van der Waals surface area contributed by atoms with E-state index in [1.807, 2.05) is 24.3 Å². The zero-order chi connectivity index (χ0) is 14.8. The molecule has 0 saturated carbocycles. The molecule has 0 saturated heterocycles. The topological polar surface area (TPSA) is 81.4 Å². The Morgan fingerprint density at radius 2 is 2.14 bits per heavy atom. The minimum Gasteiger partial charge on any atom is -0.476 e. The van der Waals surface area contributed by atoms with Crippen LogP contribution in [0.1, 0.15) is 27.7 Å². The predicted molar refractivity (Wildman–Crippen MR) is 74.3 cm³/mol. The van der Waals surface area contributed by atoms with Crippen molar-refractivity contribution < 1.29 is 14.6 Å². The Morgan fingerprint density at radius 3 is 2.95 bits per heavy atom. The van der Waals surface area contributed by atoms with Crippen molar-refractivity contribution >= 4 is 5.97 Å². The molecule has 6 heteroatoms. The van der Waals surface area contributed by atoms with Gasteiger partial charge in [0.25, 0.3) is 5.56 Å². The molecular weight excluding hydrogens is 272 g/mol. The number of benzene rings is 1. The maximum absolute atomic E-state index is 11.8. The normalized spacial score (nSPS) is 17.2. The molecule has 1 aliphatic heterocycles. The lowest BCUT2D eigenvalue weighted by molar-refractivity contribution is 0.0269. The highest BCUT2D eigenvalue weighted by atomic mass is 16.5. The molecule has 0 spiro atoms. The van der Waals surface area contributed by atoms with Gasteiger partial charge in [0.1, 0.15) is 6.10 Å². The second kappa shape index (κ2) is 5.49. The van der Waals surface area contributed by atoms with Crippen LogP contribution in [-0.4, -0.2) is 27.5 Å². The minimum atomic E-state index is -1.16. The molecule has 1 aliphatic rings. The molecule has 1 aromatic heterocycles. The molecule has 1 atom stereocenters. The standard InChI is InChI=1S/C15H14N2O4/c18-14-6-5-12(15(19)20)16-17(14)9-13-11-4-2-1-3-10(11)7-8-21-13/h1-6,13H,7-9H2,(H,19,20). The van der Waals surface area contributed by atoms with Crippen LogP contribution in [-0.2, 0) is 17.7 Å². The second-order valence-electron chi connectivity index (χ2n) is 4.85. The van der Waals surface area contributed by atoms with Crippen LogP contribution >= 0.6 is 0 Å². The number of rotatable bonds is 3. The van der Waals surface area contributed by atoms with E-state index in [0.29, 0.717) is 6.61 Å². The summed E-state index contributed by atoms with van der Waals surface area (Å²) in [6.07, 6.45) is 0.550. The Hall–Kier alpha value is -2.47. The van der Waals surface area contributed by atoms with Gasteiger partial charge in [-0.1, -0.05) is 24.3 Å². The van der Waals surface area contributed by atoms with Crippen LogP contribution < -0.4 is 5.56 Å². The van der Waals surface area contributed by atoms with Gasteiger partial charge in [0.15, 0.2) is 5.69 Å². The van der Waals surface area contributed by atoms with E-state index in [1.165, 1.54) is 17.7 Å². The van der Waals surface area contributed by atoms with Crippen molar-refractivity contribution in [3.8, 4) is 0 Å². The summed E-state index contributed by atoms with van der Waals surface area (Å²) in [5.74, 6) is -1.16. The van der Waals surface area contributed by atoms with Gasteiger partial charge in [-0.15, -0.1) is 0 Å². The van der Waals surface area contributed by atoms with Gasteiger partial charge in [0, 0.05) is 6.07 Å². The van der Waals surface area contributed by atoms with E-state index in [9.17, 15) is 9.59 Å². The van der Waals surface area contributed by atoms with Crippen LogP contribution in [0.5, 0.6) is 0 Å². The highest BCUT2D eigenvalue weighted by Crippen LogP contribution is 2.27. The molecular formula is C15H14N2O4. The Balaban J connectivity index is 1.93. The number of fused-ring (bicyclic) bond motifs is 1. The van der Waals surface area contributed by atoms with Crippen LogP contribution in [0, 0.1) is 0 Å². The SMILES string of the molecule is O=C(O)c1ccc(=O)n(CC2OCCc3ccccc32)n1. The first kappa shape index (κ1) is 13.5. The average Bonchev–Trinajstić information content (AvgIpc) is 2.49. The summed E-state index contributed by atoms with van der Waals surface area (Å²) < 4.78 is 6.87. The molecule has 0 amide bonds. The zero-order valence-corrected chi connectivity index (χ0v) is 11.2. The number of carboxylic acids is 1. The molecule has 108 valence electrons. The van der Waals surface area contributed by atoms with Crippen LogP contribution in [0.25, 0.3) is 0 Å². The lowest BCUT2D eigenvalue weighted by atomic mass is 9.98. The maximum Gasteiger partial charge on any atom is 0.356 e. The van der Waals surface area contributed by atoms with Gasteiger partial charge in [0.2, 0.25) is 0 Å². The highest BCUT2D eigenvalue weighted by molar-refractivity contribution is 5.84. The highest BCUT2D eigenvalue weighted by Gasteiger charge is 2.22. The maximum atomic E-state index is 11.8. The number of hydrogen-bond donors (Lipinski definition) is 1. The summed E-state index contributed by atoms with van der Waals surface area (Å²) in [6.45, 7) is 0.784. The summed E-state index contributed by atoms with van der Waals surface area (Å²) in [5.41, 5.74) is 1.72. The summed E-state index contributed by atoms with van der Waals surface area (Å²) in [5, 5.41) is 12.8. The predicted octanol–water partition coefficient (Wildman–Crippen LogP) is 1.26. The van der Waals surface area contributed by atoms with E-state index in [-0.39, 0.29) is 23.9 Å². The number of aromatic nitrogens is 2. The van der Waals surface area contributed by atoms with Gasteiger partial charge >= 0.3 is 5.97 Å². The molecule has 0 fully saturated rings. The van der Waals surface area contributed by atoms with Crippen LogP contribution in [0.3, 0.4) is 0 Å². The largest absolute Gasteiger partial charge is 0.476 e. The van der Waals surface area contributed by atoms with Crippen molar-refractivity contribution in [2.75, 3.05) is 6.61 Å². The molecule has 0 aliphatic carbocycles. The molecule has 0 bridgehead atoms. The van der Waals surface area contributed by atoms with Gasteiger partial charge in [-0.05, 0) is 23.6 Å². The number of carbonyl (C=O) groups is 1. The molecule has 2 aromatic rings. The summed E-state index contributed by atoms with van der Waals surface area (Å²) in [6, 6.07) is 10.3. The fraction of sp³-hybridized carbons (Fsp3) is 0.267. The Labute approximate surface area is 120 Å². The quantitative estimate of drug-likeness (QED) is 0.918.